The molecule has 2 amide bonds. The molecule has 0 atom stereocenters. The molecule has 5 nitrogen and oxygen atoms in total. The second kappa shape index (κ2) is 12.0. The van der Waals surface area contributed by atoms with Gasteiger partial charge in [-0.2, -0.15) is 26.3 Å². The Kier molecular flexibility index (Phi) is 9.14. The third kappa shape index (κ3) is 8.36. The number of hydrogen-bond acceptors (Lipinski definition) is 3. The summed E-state index contributed by atoms with van der Waals surface area (Å²) in [5, 5.41) is 0. The molecule has 0 aliphatic carbocycles. The molecule has 0 fully saturated rings. The van der Waals surface area contributed by atoms with Crippen molar-refractivity contribution in [3.05, 3.63) is 94.4 Å². The van der Waals surface area contributed by atoms with E-state index in [2.05, 4.69) is 0 Å². The molecule has 0 bridgehead atoms. The van der Waals surface area contributed by atoms with Crippen LogP contribution in [0.15, 0.2) is 65.1 Å². The molecule has 39 heavy (non-hydrogen) atoms. The van der Waals surface area contributed by atoms with Crippen molar-refractivity contribution in [3.8, 4) is 0 Å². The van der Waals surface area contributed by atoms with Crippen molar-refractivity contribution in [3.63, 3.8) is 0 Å². The SMILES string of the molecule is Cc1ccc(CN(Cc2ccccc2)C(=O)CN(CC(C)C)C(=O)c2cc(C(F)(F)F)cc(C(F)(F)F)c2)o1. The molecule has 0 N–H and O–H groups in total. The normalized spacial score (nSPS) is 12.1. The van der Waals surface area contributed by atoms with E-state index in [0.29, 0.717) is 23.7 Å². The van der Waals surface area contributed by atoms with Crippen LogP contribution in [0.5, 0.6) is 0 Å². The summed E-state index contributed by atoms with van der Waals surface area (Å²) in [7, 11) is 0. The van der Waals surface area contributed by atoms with Gasteiger partial charge in [-0.05, 0) is 48.7 Å². The molecule has 11 heteroatoms. The van der Waals surface area contributed by atoms with Gasteiger partial charge in [0.15, 0.2) is 0 Å². The molecule has 3 aromatic rings. The Morgan fingerprint density at radius 1 is 0.821 bits per heavy atom. The predicted molar refractivity (Wildman–Crippen MR) is 131 cm³/mol. The van der Waals surface area contributed by atoms with Crippen LogP contribution < -0.4 is 0 Å². The molecule has 0 aliphatic heterocycles. The van der Waals surface area contributed by atoms with Gasteiger partial charge in [0.05, 0.1) is 17.7 Å². The van der Waals surface area contributed by atoms with E-state index in [1.807, 2.05) is 0 Å². The maximum atomic E-state index is 13.5. The number of carbonyl (C=O) groups is 2. The van der Waals surface area contributed by atoms with Crippen LogP contribution >= 0.6 is 0 Å². The van der Waals surface area contributed by atoms with Crippen LogP contribution in [0.1, 0.15) is 52.4 Å². The molecule has 0 saturated carbocycles. The highest BCUT2D eigenvalue weighted by molar-refractivity contribution is 5.97. The van der Waals surface area contributed by atoms with Crippen LogP contribution in [0.4, 0.5) is 26.3 Å². The van der Waals surface area contributed by atoms with Gasteiger partial charge in [-0.3, -0.25) is 9.59 Å². The summed E-state index contributed by atoms with van der Waals surface area (Å²) in [4.78, 5) is 29.2. The van der Waals surface area contributed by atoms with Gasteiger partial charge in [0.2, 0.25) is 5.91 Å². The summed E-state index contributed by atoms with van der Waals surface area (Å²) >= 11 is 0. The number of rotatable bonds is 9. The number of furan rings is 1. The Balaban J connectivity index is 1.94. The van der Waals surface area contributed by atoms with Gasteiger partial charge in [-0.15, -0.1) is 0 Å². The Hall–Kier alpha value is -3.76. The second-order valence-electron chi connectivity index (χ2n) is 9.62. The van der Waals surface area contributed by atoms with E-state index in [1.54, 1.807) is 63.2 Å². The fourth-order valence-corrected chi connectivity index (χ4v) is 3.98. The quantitative estimate of drug-likeness (QED) is 0.269. The van der Waals surface area contributed by atoms with Crippen LogP contribution in [0.25, 0.3) is 0 Å². The van der Waals surface area contributed by atoms with Crippen molar-refractivity contribution in [1.29, 1.82) is 0 Å². The number of halogens is 6. The lowest BCUT2D eigenvalue weighted by molar-refractivity contribution is -0.143. The van der Waals surface area contributed by atoms with Crippen LogP contribution in [0, 0.1) is 12.8 Å². The molecule has 0 radical (unpaired) electrons. The molecule has 1 heterocycles. The van der Waals surface area contributed by atoms with Crippen molar-refractivity contribution in [2.75, 3.05) is 13.1 Å². The average Bonchev–Trinajstić information content (AvgIpc) is 3.26. The summed E-state index contributed by atoms with van der Waals surface area (Å²) < 4.78 is 85.9. The fourth-order valence-electron chi connectivity index (χ4n) is 3.98. The Morgan fingerprint density at radius 2 is 1.41 bits per heavy atom. The van der Waals surface area contributed by atoms with Crippen LogP contribution in [-0.4, -0.2) is 34.7 Å². The summed E-state index contributed by atoms with van der Waals surface area (Å²) in [5.41, 5.74) is -3.23. The highest BCUT2D eigenvalue weighted by Gasteiger charge is 2.38. The molecule has 210 valence electrons. The maximum Gasteiger partial charge on any atom is 0.416 e. The largest absolute Gasteiger partial charge is 0.464 e. The van der Waals surface area contributed by atoms with Gasteiger partial charge in [-0.25, -0.2) is 0 Å². The van der Waals surface area contributed by atoms with E-state index in [9.17, 15) is 35.9 Å². The van der Waals surface area contributed by atoms with Crippen molar-refractivity contribution in [1.82, 2.24) is 9.80 Å². The zero-order chi connectivity index (χ0) is 29.0. The summed E-state index contributed by atoms with van der Waals surface area (Å²) in [6, 6.07) is 13.1. The van der Waals surface area contributed by atoms with Gasteiger partial charge in [0.1, 0.15) is 18.1 Å². The molecule has 0 unspecified atom stereocenters. The summed E-state index contributed by atoms with van der Waals surface area (Å²) in [6.07, 6.45) is -10.2. The van der Waals surface area contributed by atoms with Crippen molar-refractivity contribution in [2.45, 2.75) is 46.2 Å². The fraction of sp³-hybridized carbons (Fsp3) is 0.357. The molecule has 2 aromatic carbocycles. The number of nitrogens with zero attached hydrogens (tertiary/aromatic N) is 2. The Labute approximate surface area is 222 Å². The van der Waals surface area contributed by atoms with Gasteiger partial charge >= 0.3 is 12.4 Å². The molecule has 3 rings (SSSR count). The van der Waals surface area contributed by atoms with Crippen molar-refractivity contribution >= 4 is 11.8 Å². The van der Waals surface area contributed by atoms with Crippen LogP contribution in [0.3, 0.4) is 0 Å². The second-order valence-corrected chi connectivity index (χ2v) is 9.62. The van der Waals surface area contributed by atoms with Crippen molar-refractivity contribution < 1.29 is 40.3 Å². The first-order valence-corrected chi connectivity index (χ1v) is 12.1. The third-order valence-corrected chi connectivity index (χ3v) is 5.75. The van der Waals surface area contributed by atoms with Crippen LogP contribution in [-0.2, 0) is 30.2 Å². The molecule has 1 aromatic heterocycles. The molecule has 0 saturated heterocycles. The first kappa shape index (κ1) is 29.8. The Bertz CT molecular complexity index is 1250. The lowest BCUT2D eigenvalue weighted by Gasteiger charge is -2.29. The number of hydrogen-bond donors (Lipinski definition) is 0. The number of benzene rings is 2. The smallest absolute Gasteiger partial charge is 0.416 e. The summed E-state index contributed by atoms with van der Waals surface area (Å²) in [5.74, 6) is -0.790. The molecule has 0 aliphatic rings. The minimum atomic E-state index is -5.11. The predicted octanol–water partition coefficient (Wildman–Crippen LogP) is 6.95. The van der Waals surface area contributed by atoms with Crippen LogP contribution in [0.2, 0.25) is 0 Å². The lowest BCUT2D eigenvalue weighted by atomic mass is 10.0. The topological polar surface area (TPSA) is 53.8 Å². The minimum absolute atomic E-state index is 0.0400. The van der Waals surface area contributed by atoms with Gasteiger partial charge in [0.25, 0.3) is 5.91 Å². The van der Waals surface area contributed by atoms with Gasteiger partial charge in [-0.1, -0.05) is 44.2 Å². The number of alkyl halides is 6. The zero-order valence-electron chi connectivity index (χ0n) is 21.6. The number of aryl methyl sites for hydroxylation is 1. The van der Waals surface area contributed by atoms with Gasteiger partial charge < -0.3 is 14.2 Å². The van der Waals surface area contributed by atoms with E-state index in [4.69, 9.17) is 4.42 Å². The zero-order valence-corrected chi connectivity index (χ0v) is 21.6. The first-order chi connectivity index (χ1) is 18.1. The average molecular weight is 555 g/mol. The number of amides is 2. The third-order valence-electron chi connectivity index (χ3n) is 5.75. The minimum Gasteiger partial charge on any atom is -0.464 e. The highest BCUT2D eigenvalue weighted by atomic mass is 19.4. The van der Waals surface area contributed by atoms with E-state index in [0.717, 1.165) is 10.5 Å². The van der Waals surface area contributed by atoms with Gasteiger partial charge in [0, 0.05) is 18.7 Å². The molecular weight excluding hydrogens is 526 g/mol. The lowest BCUT2D eigenvalue weighted by Crippen LogP contribution is -2.44. The molecular formula is C28H28F6N2O3. The standard InChI is InChI=1S/C28H28F6N2O3/c1-18(2)14-36(26(38)21-11-22(27(29,30)31)13-23(12-21)28(32,33)34)17-25(37)35(15-20-7-5-4-6-8-20)16-24-10-9-19(3)39-24/h4-13,18H,14-17H2,1-3H3. The van der Waals surface area contributed by atoms with E-state index in [-0.39, 0.29) is 31.6 Å². The van der Waals surface area contributed by atoms with E-state index in [1.165, 1.54) is 4.90 Å². The maximum absolute atomic E-state index is 13.5. The van der Waals surface area contributed by atoms with Crippen molar-refractivity contribution in [2.24, 2.45) is 5.92 Å². The molecule has 0 spiro atoms. The summed E-state index contributed by atoms with van der Waals surface area (Å²) in [6.45, 7) is 4.73. The first-order valence-electron chi connectivity index (χ1n) is 12.1. The number of carbonyl (C=O) groups excluding carboxylic acids is 2. The van der Waals surface area contributed by atoms with E-state index < -0.39 is 47.4 Å². The Morgan fingerprint density at radius 3 is 1.90 bits per heavy atom. The highest BCUT2D eigenvalue weighted by Crippen LogP contribution is 2.36. The monoisotopic (exact) mass is 554 g/mol. The van der Waals surface area contributed by atoms with E-state index >= 15 is 0 Å².